The highest BCUT2D eigenvalue weighted by molar-refractivity contribution is 5.92. The molecule has 0 bridgehead atoms. The van der Waals surface area contributed by atoms with Crippen LogP contribution in [0.15, 0.2) is 42.5 Å². The number of piperidine rings is 1. The summed E-state index contributed by atoms with van der Waals surface area (Å²) < 4.78 is 0. The summed E-state index contributed by atoms with van der Waals surface area (Å²) in [5.41, 5.74) is 1.77. The Balaban J connectivity index is 1.49. The fourth-order valence-electron chi connectivity index (χ4n) is 3.44. The van der Waals surface area contributed by atoms with Crippen molar-refractivity contribution in [1.29, 1.82) is 0 Å². The van der Waals surface area contributed by atoms with Crippen LogP contribution < -0.4 is 15.9 Å². The fourth-order valence-corrected chi connectivity index (χ4v) is 3.44. The first-order valence-electron chi connectivity index (χ1n) is 9.58. The van der Waals surface area contributed by atoms with E-state index in [1.165, 1.54) is 5.56 Å². The Labute approximate surface area is 160 Å². The number of carbonyl (C=O) groups is 1. The summed E-state index contributed by atoms with van der Waals surface area (Å²) in [7, 11) is 0. The van der Waals surface area contributed by atoms with Crippen molar-refractivity contribution in [2.45, 2.75) is 26.3 Å². The van der Waals surface area contributed by atoms with Gasteiger partial charge in [-0.1, -0.05) is 55.1 Å². The zero-order valence-corrected chi connectivity index (χ0v) is 15.9. The van der Waals surface area contributed by atoms with E-state index in [1.807, 2.05) is 25.2 Å². The van der Waals surface area contributed by atoms with E-state index in [-0.39, 0.29) is 5.91 Å². The zero-order valence-electron chi connectivity index (χ0n) is 15.9. The average Bonchev–Trinajstić information content (AvgIpc) is 3.07. The van der Waals surface area contributed by atoms with Crippen LogP contribution in [0.1, 0.15) is 35.8 Å². The van der Waals surface area contributed by atoms with Crippen LogP contribution in [0, 0.1) is 5.92 Å². The third-order valence-corrected chi connectivity index (χ3v) is 5.06. The summed E-state index contributed by atoms with van der Waals surface area (Å²) in [5.74, 6) is 0.380. The molecule has 1 amide bonds. The van der Waals surface area contributed by atoms with Crippen LogP contribution in [0.3, 0.4) is 0 Å². The van der Waals surface area contributed by atoms with Crippen molar-refractivity contribution in [2.75, 3.05) is 19.6 Å². The number of hydrogen-bond donors (Lipinski definition) is 2. The molecule has 0 atom stereocenters. The summed E-state index contributed by atoms with van der Waals surface area (Å²) in [4.78, 5) is 15.0. The van der Waals surface area contributed by atoms with Gasteiger partial charge in [0.1, 0.15) is 0 Å². The molecule has 1 aromatic heterocycles. The summed E-state index contributed by atoms with van der Waals surface area (Å²) in [6, 6.07) is 10.6. The van der Waals surface area contributed by atoms with Gasteiger partial charge in [-0.25, -0.2) is 0 Å². The molecular weight excluding hydrogens is 336 g/mol. The second kappa shape index (κ2) is 9.33. The highest BCUT2D eigenvalue weighted by atomic mass is 16.1. The van der Waals surface area contributed by atoms with Crippen LogP contribution in [-0.4, -0.2) is 40.6 Å². The SMILES string of the molecule is C=c1[nH]nc(C(=O)NCC2CCN(Cc3ccccc3)CC2)/c1=C/C=C\C. The van der Waals surface area contributed by atoms with E-state index >= 15 is 0 Å². The molecule has 2 N–H and O–H groups in total. The van der Waals surface area contributed by atoms with E-state index < -0.39 is 0 Å². The quantitative estimate of drug-likeness (QED) is 0.822. The molecule has 2 heterocycles. The molecule has 1 aliphatic rings. The van der Waals surface area contributed by atoms with E-state index in [0.29, 0.717) is 23.5 Å². The Morgan fingerprint density at radius 1 is 1.33 bits per heavy atom. The van der Waals surface area contributed by atoms with Gasteiger partial charge in [0, 0.05) is 18.3 Å². The number of aromatic amines is 1. The minimum absolute atomic E-state index is 0.136. The average molecular weight is 364 g/mol. The van der Waals surface area contributed by atoms with Crippen LogP contribution in [0.5, 0.6) is 0 Å². The number of nitrogens with zero attached hydrogens (tertiary/aromatic N) is 2. The fraction of sp³-hybridized carbons (Fsp3) is 0.364. The second-order valence-electron chi connectivity index (χ2n) is 7.07. The van der Waals surface area contributed by atoms with Gasteiger partial charge < -0.3 is 5.32 Å². The molecule has 1 aromatic carbocycles. The van der Waals surface area contributed by atoms with Crippen molar-refractivity contribution in [3.8, 4) is 0 Å². The molecule has 1 saturated heterocycles. The predicted octanol–water partition coefficient (Wildman–Crippen LogP) is 1.82. The lowest BCUT2D eigenvalue weighted by Crippen LogP contribution is -2.39. The van der Waals surface area contributed by atoms with Crippen molar-refractivity contribution in [3.05, 3.63) is 64.3 Å². The molecule has 0 saturated carbocycles. The van der Waals surface area contributed by atoms with E-state index in [9.17, 15) is 4.79 Å². The first kappa shape index (κ1) is 19.1. The maximum Gasteiger partial charge on any atom is 0.272 e. The van der Waals surface area contributed by atoms with E-state index in [4.69, 9.17) is 0 Å². The van der Waals surface area contributed by atoms with Crippen molar-refractivity contribution in [3.63, 3.8) is 0 Å². The first-order valence-corrected chi connectivity index (χ1v) is 9.58. The molecule has 5 nitrogen and oxygen atoms in total. The Morgan fingerprint density at radius 2 is 2.07 bits per heavy atom. The number of allylic oxidation sites excluding steroid dienone is 2. The number of likely N-dealkylation sites (tertiary alicyclic amines) is 1. The van der Waals surface area contributed by atoms with Gasteiger partial charge in [-0.3, -0.25) is 14.8 Å². The van der Waals surface area contributed by atoms with Crippen LogP contribution in [0.2, 0.25) is 0 Å². The van der Waals surface area contributed by atoms with Crippen molar-refractivity contribution >= 4 is 18.6 Å². The number of H-pyrrole nitrogens is 1. The van der Waals surface area contributed by atoms with E-state index in [0.717, 1.165) is 37.7 Å². The Kier molecular flexibility index (Phi) is 6.60. The lowest BCUT2D eigenvalue weighted by molar-refractivity contribution is 0.0929. The number of nitrogens with one attached hydrogen (secondary N) is 2. The second-order valence-corrected chi connectivity index (χ2v) is 7.07. The van der Waals surface area contributed by atoms with Gasteiger partial charge in [-0.2, -0.15) is 5.10 Å². The number of benzene rings is 1. The Hall–Kier alpha value is -2.66. The zero-order chi connectivity index (χ0) is 19.1. The van der Waals surface area contributed by atoms with Gasteiger partial charge in [0.2, 0.25) is 0 Å². The lowest BCUT2D eigenvalue weighted by Gasteiger charge is -2.32. The summed E-state index contributed by atoms with van der Waals surface area (Å²) in [6.45, 7) is 9.67. The van der Waals surface area contributed by atoms with Gasteiger partial charge in [-0.15, -0.1) is 0 Å². The summed E-state index contributed by atoms with van der Waals surface area (Å²) in [5, 5.41) is 11.4. The maximum absolute atomic E-state index is 12.5. The van der Waals surface area contributed by atoms with Gasteiger partial charge >= 0.3 is 0 Å². The summed E-state index contributed by atoms with van der Waals surface area (Å²) in [6.07, 6.45) is 7.87. The number of amides is 1. The van der Waals surface area contributed by atoms with Crippen molar-refractivity contribution in [1.82, 2.24) is 20.4 Å². The number of carbonyl (C=O) groups excluding carboxylic acids is 1. The van der Waals surface area contributed by atoms with E-state index in [2.05, 4.69) is 57.3 Å². The highest BCUT2D eigenvalue weighted by Gasteiger charge is 2.20. The molecule has 2 aromatic rings. The van der Waals surface area contributed by atoms with Gasteiger partial charge in [-0.05, 0) is 44.3 Å². The number of rotatable bonds is 6. The Morgan fingerprint density at radius 3 is 2.78 bits per heavy atom. The molecule has 0 radical (unpaired) electrons. The first-order chi connectivity index (χ1) is 13.2. The van der Waals surface area contributed by atoms with Crippen LogP contribution in [0.4, 0.5) is 0 Å². The molecule has 1 aliphatic heterocycles. The minimum Gasteiger partial charge on any atom is -0.350 e. The van der Waals surface area contributed by atoms with Gasteiger partial charge in [0.15, 0.2) is 5.69 Å². The third kappa shape index (κ3) is 5.17. The van der Waals surface area contributed by atoms with Crippen molar-refractivity contribution in [2.24, 2.45) is 5.92 Å². The summed E-state index contributed by atoms with van der Waals surface area (Å²) >= 11 is 0. The number of hydrogen-bond acceptors (Lipinski definition) is 3. The largest absolute Gasteiger partial charge is 0.350 e. The normalized spacial score (nSPS) is 16.9. The lowest BCUT2D eigenvalue weighted by atomic mass is 9.96. The predicted molar refractivity (Wildman–Crippen MR) is 109 cm³/mol. The molecule has 3 rings (SSSR count). The van der Waals surface area contributed by atoms with Crippen LogP contribution in [0.25, 0.3) is 12.7 Å². The standard InChI is InChI=1S/C22H28N4O/c1-3-4-10-20-17(2)24-25-21(20)22(27)23-15-18-11-13-26(14-12-18)16-19-8-6-5-7-9-19/h3-10,18,24H,2,11-16H2,1H3,(H,23,27)/b4-3-,20-10+. The van der Waals surface area contributed by atoms with Gasteiger partial charge in [0.05, 0.1) is 5.35 Å². The highest BCUT2D eigenvalue weighted by Crippen LogP contribution is 2.18. The van der Waals surface area contributed by atoms with Crippen LogP contribution in [-0.2, 0) is 6.54 Å². The molecule has 0 spiro atoms. The minimum atomic E-state index is -0.136. The maximum atomic E-state index is 12.5. The van der Waals surface area contributed by atoms with Gasteiger partial charge in [0.25, 0.3) is 5.91 Å². The smallest absolute Gasteiger partial charge is 0.272 e. The molecule has 0 unspecified atom stereocenters. The molecule has 5 heteroatoms. The molecular formula is C22H28N4O. The topological polar surface area (TPSA) is 61.0 Å². The Bertz CT molecular complexity index is 877. The third-order valence-electron chi connectivity index (χ3n) is 5.06. The molecule has 0 aliphatic carbocycles. The molecule has 142 valence electrons. The molecule has 1 fully saturated rings. The van der Waals surface area contributed by atoms with Crippen LogP contribution >= 0.6 is 0 Å². The van der Waals surface area contributed by atoms with E-state index in [1.54, 1.807) is 0 Å². The number of aromatic nitrogens is 2. The monoisotopic (exact) mass is 364 g/mol. The molecule has 27 heavy (non-hydrogen) atoms. The van der Waals surface area contributed by atoms with Crippen molar-refractivity contribution < 1.29 is 4.79 Å².